The molecule has 1 aromatic heterocycles. The topological polar surface area (TPSA) is 61.8 Å². The molecule has 1 aromatic carbocycles. The van der Waals surface area contributed by atoms with Gasteiger partial charge in [0.2, 0.25) is 0 Å². The van der Waals surface area contributed by atoms with E-state index in [1.165, 1.54) is 24.0 Å². The van der Waals surface area contributed by atoms with E-state index >= 15 is 0 Å². The van der Waals surface area contributed by atoms with Crippen molar-refractivity contribution in [1.29, 1.82) is 0 Å². The molecule has 1 unspecified atom stereocenters. The third-order valence-corrected chi connectivity index (χ3v) is 5.45. The zero-order valence-corrected chi connectivity index (χ0v) is 17.8. The van der Waals surface area contributed by atoms with E-state index in [-0.39, 0.29) is 0 Å². The molecule has 0 radical (unpaired) electrons. The Morgan fingerprint density at radius 3 is 2.52 bits per heavy atom. The number of benzene rings is 1. The Morgan fingerprint density at radius 1 is 1.14 bits per heavy atom. The fourth-order valence-electron chi connectivity index (χ4n) is 3.72. The molecule has 1 aliphatic rings. The fourth-order valence-corrected chi connectivity index (χ4v) is 3.72. The number of pyridine rings is 1. The monoisotopic (exact) mass is 395 g/mol. The van der Waals surface area contributed by atoms with Crippen LogP contribution in [0.3, 0.4) is 0 Å². The molecule has 156 valence electrons. The van der Waals surface area contributed by atoms with Gasteiger partial charge in [0.25, 0.3) is 0 Å². The predicted octanol–water partition coefficient (Wildman–Crippen LogP) is 2.94. The first-order valence-corrected chi connectivity index (χ1v) is 10.4. The highest BCUT2D eigenvalue weighted by molar-refractivity contribution is 5.79. The average molecular weight is 396 g/mol. The summed E-state index contributed by atoms with van der Waals surface area (Å²) in [4.78, 5) is 11.3. The Hall–Kier alpha value is -2.60. The Kier molecular flexibility index (Phi) is 7.87. The molecule has 1 aliphatic heterocycles. The summed E-state index contributed by atoms with van der Waals surface area (Å²) < 4.78 is 5.31. The molecule has 6 heteroatoms. The van der Waals surface area contributed by atoms with Crippen molar-refractivity contribution < 1.29 is 4.74 Å². The number of rotatable bonds is 8. The first-order chi connectivity index (χ1) is 14.2. The largest absolute Gasteiger partial charge is 0.497 e. The van der Waals surface area contributed by atoms with Crippen LogP contribution in [0.15, 0.2) is 47.6 Å². The molecule has 6 nitrogen and oxygen atoms in total. The van der Waals surface area contributed by atoms with Crippen LogP contribution in [0, 0.1) is 6.92 Å². The summed E-state index contributed by atoms with van der Waals surface area (Å²) in [5.74, 6) is 1.73. The van der Waals surface area contributed by atoms with E-state index in [1.807, 2.05) is 32.3 Å². The lowest BCUT2D eigenvalue weighted by Crippen LogP contribution is -2.43. The lowest BCUT2D eigenvalue weighted by Gasteiger charge is -2.29. The molecular weight excluding hydrogens is 362 g/mol. The Labute approximate surface area is 174 Å². The molecule has 0 saturated carbocycles. The molecule has 1 atom stereocenters. The van der Waals surface area contributed by atoms with Crippen molar-refractivity contribution in [2.75, 3.05) is 40.3 Å². The maximum absolute atomic E-state index is 5.31. The maximum Gasteiger partial charge on any atom is 0.191 e. The molecule has 2 heterocycles. The minimum absolute atomic E-state index is 0.322. The van der Waals surface area contributed by atoms with Crippen molar-refractivity contribution in [3.8, 4) is 5.75 Å². The van der Waals surface area contributed by atoms with E-state index < -0.39 is 0 Å². The molecule has 0 amide bonds. The number of nitrogens with one attached hydrogen (secondary N) is 2. The van der Waals surface area contributed by atoms with Crippen LogP contribution in [-0.2, 0) is 6.42 Å². The summed E-state index contributed by atoms with van der Waals surface area (Å²) in [6, 6.07) is 12.9. The van der Waals surface area contributed by atoms with Crippen LogP contribution in [0.4, 0.5) is 0 Å². The Bertz CT molecular complexity index is 767. The number of hydrogen-bond donors (Lipinski definition) is 2. The number of guanidine groups is 1. The average Bonchev–Trinajstić information content (AvgIpc) is 3.29. The highest BCUT2D eigenvalue weighted by atomic mass is 16.5. The summed E-state index contributed by atoms with van der Waals surface area (Å²) in [6.45, 7) is 5.93. The predicted molar refractivity (Wildman–Crippen MR) is 119 cm³/mol. The normalized spacial score (nSPS) is 15.9. The molecule has 2 aromatic rings. The summed E-state index contributed by atoms with van der Waals surface area (Å²) in [5.41, 5.74) is 3.58. The van der Waals surface area contributed by atoms with E-state index in [9.17, 15) is 0 Å². The van der Waals surface area contributed by atoms with Gasteiger partial charge in [0.05, 0.1) is 13.2 Å². The van der Waals surface area contributed by atoms with Gasteiger partial charge in [-0.05, 0) is 68.6 Å². The van der Waals surface area contributed by atoms with Crippen LogP contribution in [0.25, 0.3) is 0 Å². The Balaban J connectivity index is 1.55. The van der Waals surface area contributed by atoms with Crippen LogP contribution in [0.2, 0.25) is 0 Å². The van der Waals surface area contributed by atoms with Crippen molar-refractivity contribution >= 4 is 5.96 Å². The van der Waals surface area contributed by atoms with E-state index in [2.05, 4.69) is 49.8 Å². The third kappa shape index (κ3) is 6.19. The lowest BCUT2D eigenvalue weighted by atomic mass is 10.1. The molecular formula is C23H33N5O. The highest BCUT2D eigenvalue weighted by Gasteiger charge is 2.23. The zero-order chi connectivity index (χ0) is 20.5. The van der Waals surface area contributed by atoms with Gasteiger partial charge < -0.3 is 15.4 Å². The summed E-state index contributed by atoms with van der Waals surface area (Å²) in [7, 11) is 3.53. The lowest BCUT2D eigenvalue weighted by molar-refractivity contribution is 0.245. The van der Waals surface area contributed by atoms with Crippen LogP contribution >= 0.6 is 0 Å². The highest BCUT2D eigenvalue weighted by Crippen LogP contribution is 2.26. The summed E-state index contributed by atoms with van der Waals surface area (Å²) in [5, 5.41) is 6.94. The number of likely N-dealkylation sites (tertiary alicyclic amines) is 1. The number of aromatic nitrogens is 1. The number of ether oxygens (including phenoxy) is 1. The van der Waals surface area contributed by atoms with E-state index in [4.69, 9.17) is 4.74 Å². The quantitative estimate of drug-likeness (QED) is 0.532. The molecule has 2 N–H and O–H groups in total. The number of nitrogens with zero attached hydrogens (tertiary/aromatic N) is 3. The van der Waals surface area contributed by atoms with Crippen LogP contribution < -0.4 is 15.4 Å². The van der Waals surface area contributed by atoms with Crippen LogP contribution in [-0.4, -0.2) is 56.2 Å². The Morgan fingerprint density at radius 2 is 1.90 bits per heavy atom. The SMILES string of the molecule is CN=C(NCCc1ccc(C)nc1)NCC(c1ccc(OC)cc1)N1CCCC1. The first-order valence-electron chi connectivity index (χ1n) is 10.4. The molecule has 29 heavy (non-hydrogen) atoms. The minimum atomic E-state index is 0.322. The number of hydrogen-bond acceptors (Lipinski definition) is 4. The first kappa shape index (κ1) is 21.1. The molecule has 1 saturated heterocycles. The van der Waals surface area contributed by atoms with Gasteiger partial charge in [-0.2, -0.15) is 0 Å². The zero-order valence-electron chi connectivity index (χ0n) is 17.8. The number of methoxy groups -OCH3 is 1. The molecule has 0 aliphatic carbocycles. The van der Waals surface area contributed by atoms with Gasteiger partial charge in [-0.15, -0.1) is 0 Å². The number of aliphatic imine (C=N–C) groups is 1. The van der Waals surface area contributed by atoms with Gasteiger partial charge in [-0.1, -0.05) is 18.2 Å². The second-order valence-corrected chi connectivity index (χ2v) is 7.47. The van der Waals surface area contributed by atoms with E-state index in [1.54, 1.807) is 7.11 Å². The van der Waals surface area contributed by atoms with Gasteiger partial charge in [0.1, 0.15) is 5.75 Å². The smallest absolute Gasteiger partial charge is 0.191 e. The molecule has 1 fully saturated rings. The molecule has 3 rings (SSSR count). The van der Waals surface area contributed by atoms with E-state index in [0.29, 0.717) is 6.04 Å². The standard InChI is InChI=1S/C23H33N5O/c1-18-6-7-19(16-26-18)12-13-25-23(24-2)27-17-22(28-14-4-5-15-28)20-8-10-21(29-3)11-9-20/h6-11,16,22H,4-5,12-15,17H2,1-3H3,(H2,24,25,27). The van der Waals surface area contributed by atoms with Crippen LogP contribution in [0.1, 0.15) is 35.7 Å². The second-order valence-electron chi connectivity index (χ2n) is 7.47. The van der Waals surface area contributed by atoms with Crippen molar-refractivity contribution in [1.82, 2.24) is 20.5 Å². The number of aryl methyl sites for hydroxylation is 1. The van der Waals surface area contributed by atoms with Gasteiger partial charge in [0, 0.05) is 32.0 Å². The van der Waals surface area contributed by atoms with Crippen molar-refractivity contribution in [3.63, 3.8) is 0 Å². The maximum atomic E-state index is 5.31. The van der Waals surface area contributed by atoms with Crippen LogP contribution in [0.5, 0.6) is 5.75 Å². The van der Waals surface area contributed by atoms with Gasteiger partial charge >= 0.3 is 0 Å². The van der Waals surface area contributed by atoms with Gasteiger partial charge in [-0.25, -0.2) is 0 Å². The molecule has 0 bridgehead atoms. The van der Waals surface area contributed by atoms with Crippen molar-refractivity contribution in [2.45, 2.75) is 32.2 Å². The van der Waals surface area contributed by atoms with E-state index in [0.717, 1.165) is 50.0 Å². The van der Waals surface area contributed by atoms with Crippen molar-refractivity contribution in [2.24, 2.45) is 4.99 Å². The summed E-state index contributed by atoms with van der Waals surface area (Å²) >= 11 is 0. The van der Waals surface area contributed by atoms with Gasteiger partial charge in [-0.3, -0.25) is 14.9 Å². The third-order valence-electron chi connectivity index (χ3n) is 5.45. The molecule has 0 spiro atoms. The second kappa shape index (κ2) is 10.8. The van der Waals surface area contributed by atoms with Crippen molar-refractivity contribution in [3.05, 3.63) is 59.4 Å². The minimum Gasteiger partial charge on any atom is -0.497 e. The fraction of sp³-hybridized carbons (Fsp3) is 0.478. The van der Waals surface area contributed by atoms with Gasteiger partial charge in [0.15, 0.2) is 5.96 Å². The summed E-state index contributed by atoms with van der Waals surface area (Å²) in [6.07, 6.45) is 5.40.